The van der Waals surface area contributed by atoms with Crippen LogP contribution in [-0.4, -0.2) is 53.5 Å². The van der Waals surface area contributed by atoms with Crippen LogP contribution >= 0.6 is 11.3 Å². The fraction of sp³-hybridized carbons (Fsp3) is 0.471. The summed E-state index contributed by atoms with van der Waals surface area (Å²) >= 11 is 1.65. The lowest BCUT2D eigenvalue weighted by atomic mass is 10.0. The zero-order chi connectivity index (χ0) is 16.6. The second kappa shape index (κ2) is 6.14. The van der Waals surface area contributed by atoms with E-state index in [2.05, 4.69) is 16.4 Å². The fourth-order valence-corrected chi connectivity index (χ4v) is 4.27. The highest BCUT2D eigenvalue weighted by Gasteiger charge is 2.43. The van der Waals surface area contributed by atoms with E-state index in [1.54, 1.807) is 11.3 Å². The summed E-state index contributed by atoms with van der Waals surface area (Å²) in [7, 11) is 0. The molecule has 7 heteroatoms. The van der Waals surface area contributed by atoms with Gasteiger partial charge in [-0.3, -0.25) is 9.59 Å². The summed E-state index contributed by atoms with van der Waals surface area (Å²) in [6.45, 7) is 1.84. The van der Waals surface area contributed by atoms with Crippen molar-refractivity contribution in [2.45, 2.75) is 24.9 Å². The molecular formula is C17H19N3O3S. The number of fused-ring (bicyclic) bond motifs is 1. The molecule has 2 fully saturated rings. The Morgan fingerprint density at radius 3 is 3.08 bits per heavy atom. The summed E-state index contributed by atoms with van der Waals surface area (Å²) in [5.74, 6) is 0.0490. The summed E-state index contributed by atoms with van der Waals surface area (Å²) < 4.78 is 6.86. The van der Waals surface area contributed by atoms with Gasteiger partial charge in [0.1, 0.15) is 12.2 Å². The first-order chi connectivity index (χ1) is 11.6. The second-order valence-corrected chi connectivity index (χ2v) is 7.50. The van der Waals surface area contributed by atoms with Crippen LogP contribution in [0.2, 0.25) is 0 Å². The van der Waals surface area contributed by atoms with Gasteiger partial charge >= 0.3 is 0 Å². The quantitative estimate of drug-likeness (QED) is 0.911. The third kappa shape index (κ3) is 3.01. The van der Waals surface area contributed by atoms with Gasteiger partial charge in [-0.05, 0) is 18.6 Å². The molecule has 1 atom stereocenters. The predicted molar refractivity (Wildman–Crippen MR) is 90.8 cm³/mol. The highest BCUT2D eigenvalue weighted by molar-refractivity contribution is 7.18. The number of ether oxygens (including phenoxy) is 1. The van der Waals surface area contributed by atoms with E-state index in [1.165, 1.54) is 0 Å². The van der Waals surface area contributed by atoms with Gasteiger partial charge < -0.3 is 15.0 Å². The van der Waals surface area contributed by atoms with Crippen LogP contribution < -0.4 is 5.32 Å². The van der Waals surface area contributed by atoms with Crippen molar-refractivity contribution >= 4 is 33.4 Å². The highest BCUT2D eigenvalue weighted by Crippen LogP contribution is 2.28. The van der Waals surface area contributed by atoms with Crippen molar-refractivity contribution in [1.82, 2.24) is 15.2 Å². The van der Waals surface area contributed by atoms with Crippen LogP contribution in [0.1, 0.15) is 17.8 Å². The number of para-hydroxylation sites is 1. The molecule has 0 radical (unpaired) electrons. The maximum absolute atomic E-state index is 12.5. The Hall–Kier alpha value is -1.99. The first-order valence-corrected chi connectivity index (χ1v) is 8.98. The monoisotopic (exact) mass is 345 g/mol. The lowest BCUT2D eigenvalue weighted by molar-refractivity contribution is -0.143. The molecule has 2 aliphatic rings. The Labute approximate surface area is 143 Å². The number of likely N-dealkylation sites (tertiary alicyclic amines) is 1. The molecule has 126 valence electrons. The number of benzene rings is 1. The van der Waals surface area contributed by atoms with E-state index in [9.17, 15) is 9.59 Å². The average molecular weight is 345 g/mol. The number of rotatable bonds is 3. The number of hydrogen-bond acceptors (Lipinski definition) is 5. The lowest BCUT2D eigenvalue weighted by Gasteiger charge is -2.33. The molecule has 2 aliphatic heterocycles. The van der Waals surface area contributed by atoms with Gasteiger partial charge in [-0.25, -0.2) is 4.98 Å². The fourth-order valence-electron chi connectivity index (χ4n) is 3.30. The molecule has 1 aromatic heterocycles. The zero-order valence-electron chi connectivity index (χ0n) is 13.3. The largest absolute Gasteiger partial charge is 0.361 e. The Balaban J connectivity index is 1.34. The highest BCUT2D eigenvalue weighted by atomic mass is 32.1. The van der Waals surface area contributed by atoms with Gasteiger partial charge in [-0.1, -0.05) is 12.1 Å². The van der Waals surface area contributed by atoms with E-state index < -0.39 is 0 Å². The minimum atomic E-state index is -0.389. The number of carbonyl (C=O) groups is 2. The molecule has 2 amide bonds. The van der Waals surface area contributed by atoms with Crippen LogP contribution in [0.5, 0.6) is 0 Å². The smallest absolute Gasteiger partial charge is 0.246 e. The van der Waals surface area contributed by atoms with Crippen LogP contribution in [-0.2, 0) is 20.7 Å². The van der Waals surface area contributed by atoms with Crippen molar-refractivity contribution in [1.29, 1.82) is 0 Å². The van der Waals surface area contributed by atoms with Crippen LogP contribution in [0, 0.1) is 0 Å². The summed E-state index contributed by atoms with van der Waals surface area (Å²) in [6.07, 6.45) is 1.90. The summed E-state index contributed by atoms with van der Waals surface area (Å²) in [4.78, 5) is 30.1. The maximum Gasteiger partial charge on any atom is 0.246 e. The average Bonchev–Trinajstić information content (AvgIpc) is 3.20. The van der Waals surface area contributed by atoms with Gasteiger partial charge in [-0.15, -0.1) is 11.3 Å². The van der Waals surface area contributed by atoms with Crippen molar-refractivity contribution in [3.05, 3.63) is 29.3 Å². The molecule has 4 rings (SSSR count). The molecule has 24 heavy (non-hydrogen) atoms. The van der Waals surface area contributed by atoms with Crippen molar-refractivity contribution in [2.24, 2.45) is 0 Å². The van der Waals surface area contributed by atoms with Gasteiger partial charge in [0, 0.05) is 25.9 Å². The van der Waals surface area contributed by atoms with Gasteiger partial charge in [0.15, 0.2) is 0 Å². The van der Waals surface area contributed by atoms with E-state index >= 15 is 0 Å². The number of hydrogen-bond donors (Lipinski definition) is 1. The number of nitrogens with zero attached hydrogens (tertiary/aromatic N) is 2. The molecule has 3 heterocycles. The molecule has 0 saturated carbocycles. The van der Waals surface area contributed by atoms with Crippen LogP contribution in [0.25, 0.3) is 10.2 Å². The van der Waals surface area contributed by atoms with Crippen molar-refractivity contribution in [3.63, 3.8) is 0 Å². The molecule has 2 saturated heterocycles. The van der Waals surface area contributed by atoms with Crippen LogP contribution in [0.3, 0.4) is 0 Å². The SMILES string of the molecule is O=C1COC2(CCN(C(=O)CCc3nc4ccccc4s3)C2)CN1. The Kier molecular flexibility index (Phi) is 3.97. The van der Waals surface area contributed by atoms with Gasteiger partial charge in [0.05, 0.1) is 21.8 Å². The normalized spacial score (nSPS) is 23.8. The summed E-state index contributed by atoms with van der Waals surface area (Å²) in [5, 5.41) is 3.84. The van der Waals surface area contributed by atoms with Crippen molar-refractivity contribution < 1.29 is 14.3 Å². The summed E-state index contributed by atoms with van der Waals surface area (Å²) in [6, 6.07) is 8.03. The van der Waals surface area contributed by atoms with Crippen LogP contribution in [0.4, 0.5) is 0 Å². The molecule has 1 spiro atoms. The van der Waals surface area contributed by atoms with Crippen LogP contribution in [0.15, 0.2) is 24.3 Å². The lowest BCUT2D eigenvalue weighted by Crippen LogP contribution is -2.54. The minimum Gasteiger partial charge on any atom is -0.361 e. The molecule has 0 aliphatic carbocycles. The molecule has 1 N–H and O–H groups in total. The van der Waals surface area contributed by atoms with Gasteiger partial charge in [0.25, 0.3) is 0 Å². The van der Waals surface area contributed by atoms with E-state index in [1.807, 2.05) is 23.1 Å². The zero-order valence-corrected chi connectivity index (χ0v) is 14.1. The number of morpholine rings is 1. The molecule has 1 aromatic carbocycles. The molecule has 1 unspecified atom stereocenters. The van der Waals surface area contributed by atoms with Crippen molar-refractivity contribution in [2.75, 3.05) is 26.2 Å². The third-order valence-electron chi connectivity index (χ3n) is 4.68. The minimum absolute atomic E-state index is 0.0822. The molecule has 6 nitrogen and oxygen atoms in total. The van der Waals surface area contributed by atoms with E-state index in [-0.39, 0.29) is 24.0 Å². The number of carbonyl (C=O) groups excluding carboxylic acids is 2. The molecule has 0 bridgehead atoms. The summed E-state index contributed by atoms with van der Waals surface area (Å²) in [5.41, 5.74) is 0.607. The number of nitrogens with one attached hydrogen (secondary N) is 1. The topological polar surface area (TPSA) is 71.5 Å². The Morgan fingerprint density at radius 1 is 1.42 bits per heavy atom. The van der Waals surface area contributed by atoms with Crippen molar-refractivity contribution in [3.8, 4) is 0 Å². The van der Waals surface area contributed by atoms with E-state index in [0.29, 0.717) is 32.5 Å². The molecule has 2 aromatic rings. The standard InChI is InChI=1S/C17H19N3O3S/c21-14-9-23-17(10-18-14)7-8-20(11-17)16(22)6-5-15-19-12-3-1-2-4-13(12)24-15/h1-4H,5-11H2,(H,18,21). The van der Waals surface area contributed by atoms with Gasteiger partial charge in [-0.2, -0.15) is 0 Å². The number of aromatic nitrogens is 1. The number of amides is 2. The van der Waals surface area contributed by atoms with E-state index in [0.717, 1.165) is 21.6 Å². The number of thiazole rings is 1. The first kappa shape index (κ1) is 15.5. The second-order valence-electron chi connectivity index (χ2n) is 6.39. The predicted octanol–water partition coefficient (Wildman–Crippen LogP) is 1.35. The Morgan fingerprint density at radius 2 is 2.29 bits per heavy atom. The Bertz CT molecular complexity index is 745. The third-order valence-corrected chi connectivity index (χ3v) is 5.77. The molecular weight excluding hydrogens is 326 g/mol. The number of aryl methyl sites for hydroxylation is 1. The first-order valence-electron chi connectivity index (χ1n) is 8.16. The van der Waals surface area contributed by atoms with Gasteiger partial charge in [0.2, 0.25) is 11.8 Å². The van der Waals surface area contributed by atoms with E-state index in [4.69, 9.17) is 4.74 Å². The maximum atomic E-state index is 12.5.